The van der Waals surface area contributed by atoms with E-state index in [1.807, 2.05) is 24.3 Å². The van der Waals surface area contributed by atoms with Crippen molar-refractivity contribution >= 4 is 39.9 Å². The fourth-order valence-corrected chi connectivity index (χ4v) is 3.55. The topological polar surface area (TPSA) is 64.7 Å². The van der Waals surface area contributed by atoms with E-state index in [1.165, 1.54) is 11.5 Å². The molecule has 0 aliphatic heterocycles. The quantitative estimate of drug-likeness (QED) is 0.748. The number of benzene rings is 1. The summed E-state index contributed by atoms with van der Waals surface area (Å²) in [5, 5.41) is 1.06. The lowest BCUT2D eigenvalue weighted by Gasteiger charge is -2.05. The molecular formula is C13H12N4S2. The number of nitrogens with zero attached hydrogens (tertiary/aromatic N) is 3. The molecule has 1 aromatic carbocycles. The first-order valence-electron chi connectivity index (χ1n) is 5.91. The van der Waals surface area contributed by atoms with E-state index in [0.717, 1.165) is 32.4 Å². The first kappa shape index (κ1) is 12.4. The van der Waals surface area contributed by atoms with Gasteiger partial charge in [-0.2, -0.15) is 4.37 Å². The fraction of sp³-hybridized carbons (Fsp3) is 0.154. The molecule has 0 spiro atoms. The number of fused-ring (bicyclic) bond motifs is 1. The van der Waals surface area contributed by atoms with E-state index in [0.29, 0.717) is 5.69 Å². The average Bonchev–Trinajstić information content (AvgIpc) is 2.90. The Kier molecular flexibility index (Phi) is 3.35. The summed E-state index contributed by atoms with van der Waals surface area (Å²) in [6, 6.07) is 7.85. The number of nitrogen functional groups attached to an aromatic ring is 1. The molecule has 3 aromatic rings. The first-order chi connectivity index (χ1) is 9.28. The lowest BCUT2D eigenvalue weighted by molar-refractivity contribution is 0.972. The van der Waals surface area contributed by atoms with Crippen molar-refractivity contribution in [1.82, 2.24) is 14.3 Å². The minimum Gasteiger partial charge on any atom is -0.397 e. The number of nitrogens with two attached hydrogens (primary N) is 1. The highest BCUT2D eigenvalue weighted by molar-refractivity contribution is 8.01. The van der Waals surface area contributed by atoms with Crippen molar-refractivity contribution in [3.8, 4) is 0 Å². The highest BCUT2D eigenvalue weighted by Gasteiger charge is 2.09. The van der Waals surface area contributed by atoms with E-state index in [2.05, 4.69) is 21.3 Å². The molecule has 4 nitrogen and oxygen atoms in total. The van der Waals surface area contributed by atoms with E-state index in [-0.39, 0.29) is 0 Å². The zero-order valence-corrected chi connectivity index (χ0v) is 12.0. The Labute approximate surface area is 119 Å². The van der Waals surface area contributed by atoms with Crippen molar-refractivity contribution in [2.45, 2.75) is 22.6 Å². The molecule has 2 N–H and O–H groups in total. The third-order valence-corrected chi connectivity index (χ3v) is 4.59. The van der Waals surface area contributed by atoms with Crippen LogP contribution in [0, 0.1) is 0 Å². The van der Waals surface area contributed by atoms with E-state index in [1.54, 1.807) is 18.0 Å². The Morgan fingerprint density at radius 1 is 1.32 bits per heavy atom. The average molecular weight is 288 g/mol. The van der Waals surface area contributed by atoms with E-state index in [4.69, 9.17) is 5.73 Å². The molecule has 0 aliphatic carbocycles. The molecule has 0 atom stereocenters. The van der Waals surface area contributed by atoms with Gasteiger partial charge in [-0.25, -0.2) is 4.98 Å². The number of hydrogen-bond acceptors (Lipinski definition) is 6. The van der Waals surface area contributed by atoms with Crippen LogP contribution < -0.4 is 5.73 Å². The molecule has 0 radical (unpaired) electrons. The van der Waals surface area contributed by atoms with E-state index in [9.17, 15) is 0 Å². The van der Waals surface area contributed by atoms with Crippen LogP contribution in [0.2, 0.25) is 0 Å². The predicted octanol–water partition coefficient (Wildman–Crippen LogP) is 3.38. The summed E-state index contributed by atoms with van der Waals surface area (Å²) < 4.78 is 5.25. The van der Waals surface area contributed by atoms with Gasteiger partial charge in [0.25, 0.3) is 0 Å². The number of pyridine rings is 1. The lowest BCUT2D eigenvalue weighted by Crippen LogP contribution is -1.90. The van der Waals surface area contributed by atoms with Gasteiger partial charge >= 0.3 is 0 Å². The molecule has 19 heavy (non-hydrogen) atoms. The third-order valence-electron chi connectivity index (χ3n) is 2.72. The number of anilines is 1. The Balaban J connectivity index is 2.03. The normalized spacial score (nSPS) is 11.0. The lowest BCUT2D eigenvalue weighted by atomic mass is 10.2. The number of aromatic nitrogens is 3. The molecule has 0 unspecified atom stereocenters. The van der Waals surface area contributed by atoms with Crippen LogP contribution in [-0.4, -0.2) is 14.3 Å². The van der Waals surface area contributed by atoms with Gasteiger partial charge in [-0.1, -0.05) is 24.8 Å². The smallest absolute Gasteiger partial charge is 0.174 e. The number of aryl methyl sites for hydroxylation is 1. The summed E-state index contributed by atoms with van der Waals surface area (Å²) in [7, 11) is 0. The monoisotopic (exact) mass is 288 g/mol. The molecular weight excluding hydrogens is 276 g/mol. The summed E-state index contributed by atoms with van der Waals surface area (Å²) in [6.07, 6.45) is 2.62. The van der Waals surface area contributed by atoms with Gasteiger partial charge < -0.3 is 5.73 Å². The van der Waals surface area contributed by atoms with Crippen molar-refractivity contribution < 1.29 is 0 Å². The van der Waals surface area contributed by atoms with Crippen LogP contribution in [0.3, 0.4) is 0 Å². The SMILES string of the molecule is CCc1nsc(Sc2ccc(N)c3ncccc23)n1. The molecule has 0 saturated heterocycles. The molecule has 0 bridgehead atoms. The van der Waals surface area contributed by atoms with Gasteiger partial charge in [0.15, 0.2) is 4.34 Å². The van der Waals surface area contributed by atoms with Crippen molar-refractivity contribution in [2.24, 2.45) is 0 Å². The second-order valence-corrected chi connectivity index (χ2v) is 6.03. The third kappa shape index (κ3) is 2.41. The molecule has 0 fully saturated rings. The van der Waals surface area contributed by atoms with Gasteiger partial charge in [0.05, 0.1) is 11.2 Å². The summed E-state index contributed by atoms with van der Waals surface area (Å²) in [5.41, 5.74) is 7.49. The first-order valence-corrected chi connectivity index (χ1v) is 7.50. The van der Waals surface area contributed by atoms with Gasteiger partial charge in [-0.15, -0.1) is 0 Å². The summed E-state index contributed by atoms with van der Waals surface area (Å²) in [4.78, 5) is 9.91. The van der Waals surface area contributed by atoms with Crippen LogP contribution in [0.5, 0.6) is 0 Å². The Morgan fingerprint density at radius 3 is 3.00 bits per heavy atom. The molecule has 96 valence electrons. The van der Waals surface area contributed by atoms with E-state index >= 15 is 0 Å². The second-order valence-electron chi connectivity index (χ2n) is 3.98. The van der Waals surface area contributed by atoms with Gasteiger partial charge in [0.2, 0.25) is 0 Å². The van der Waals surface area contributed by atoms with Gasteiger partial charge in [0, 0.05) is 22.9 Å². The molecule has 6 heteroatoms. The molecule has 2 heterocycles. The highest BCUT2D eigenvalue weighted by Crippen LogP contribution is 2.35. The Bertz CT molecular complexity index is 723. The van der Waals surface area contributed by atoms with Crippen LogP contribution in [0.4, 0.5) is 5.69 Å². The largest absolute Gasteiger partial charge is 0.397 e. The minimum absolute atomic E-state index is 0.700. The minimum atomic E-state index is 0.700. The van der Waals surface area contributed by atoms with Crippen LogP contribution in [0.25, 0.3) is 10.9 Å². The van der Waals surface area contributed by atoms with Crippen molar-refractivity contribution in [3.63, 3.8) is 0 Å². The van der Waals surface area contributed by atoms with Gasteiger partial charge in [0.1, 0.15) is 5.82 Å². The molecule has 3 rings (SSSR count). The number of hydrogen-bond donors (Lipinski definition) is 1. The molecule has 0 aliphatic rings. The maximum atomic E-state index is 5.95. The summed E-state index contributed by atoms with van der Waals surface area (Å²) >= 11 is 3.04. The highest BCUT2D eigenvalue weighted by atomic mass is 32.2. The van der Waals surface area contributed by atoms with Crippen LogP contribution in [0.15, 0.2) is 39.7 Å². The molecule has 0 saturated carbocycles. The zero-order chi connectivity index (χ0) is 13.2. The summed E-state index contributed by atoms with van der Waals surface area (Å²) in [5.74, 6) is 0.894. The van der Waals surface area contributed by atoms with Crippen LogP contribution in [0.1, 0.15) is 12.7 Å². The van der Waals surface area contributed by atoms with Gasteiger partial charge in [-0.3, -0.25) is 4.98 Å². The number of rotatable bonds is 3. The predicted molar refractivity (Wildman–Crippen MR) is 79.6 cm³/mol. The van der Waals surface area contributed by atoms with Crippen molar-refractivity contribution in [1.29, 1.82) is 0 Å². The summed E-state index contributed by atoms with van der Waals surface area (Å²) in [6.45, 7) is 2.05. The standard InChI is InChI=1S/C13H12N4S2/c1-2-11-16-13(19-17-11)18-10-6-5-9(14)12-8(10)4-3-7-15-12/h3-7H,2,14H2,1H3. The van der Waals surface area contributed by atoms with Crippen molar-refractivity contribution in [2.75, 3.05) is 5.73 Å². The van der Waals surface area contributed by atoms with Gasteiger partial charge in [-0.05, 0) is 29.7 Å². The molecule has 0 amide bonds. The van der Waals surface area contributed by atoms with Crippen LogP contribution >= 0.6 is 23.3 Å². The Hall–Kier alpha value is -1.66. The molecule has 2 aromatic heterocycles. The Morgan fingerprint density at radius 2 is 2.21 bits per heavy atom. The van der Waals surface area contributed by atoms with Crippen LogP contribution in [-0.2, 0) is 6.42 Å². The van der Waals surface area contributed by atoms with E-state index < -0.39 is 0 Å². The fourth-order valence-electron chi connectivity index (χ4n) is 1.77. The zero-order valence-electron chi connectivity index (χ0n) is 10.3. The maximum Gasteiger partial charge on any atom is 0.174 e. The van der Waals surface area contributed by atoms with Crippen molar-refractivity contribution in [3.05, 3.63) is 36.3 Å². The maximum absolute atomic E-state index is 5.95. The second kappa shape index (κ2) is 5.14.